The average Bonchev–Trinajstić information content (AvgIpc) is 2.15. The van der Waals surface area contributed by atoms with Crippen LogP contribution in [0.15, 0.2) is 18.3 Å². The molecule has 0 aromatic carbocycles. The Morgan fingerprint density at radius 3 is 2.92 bits per heavy atom. The van der Waals surface area contributed by atoms with Crippen molar-refractivity contribution in [2.24, 2.45) is 5.92 Å². The Hall–Kier alpha value is -1.09. The molecule has 72 valence electrons. The van der Waals surface area contributed by atoms with Crippen molar-refractivity contribution in [3.8, 4) is 0 Å². The number of aromatic nitrogens is 1. The van der Waals surface area contributed by atoms with E-state index in [1.807, 2.05) is 12.1 Å². The standard InChI is InChI=1S/C10H16N2O/c1-8(2)6-12-10-9(7-13)4-3-5-11-10/h3-5,8,13H,6-7H2,1-2H3,(H,11,12). The number of hydrogen-bond donors (Lipinski definition) is 2. The van der Waals surface area contributed by atoms with Crippen LogP contribution in [0, 0.1) is 5.92 Å². The van der Waals surface area contributed by atoms with Gasteiger partial charge in [-0.15, -0.1) is 0 Å². The van der Waals surface area contributed by atoms with Crippen LogP contribution in [0.2, 0.25) is 0 Å². The molecule has 0 saturated heterocycles. The fraction of sp³-hybridized carbons (Fsp3) is 0.500. The highest BCUT2D eigenvalue weighted by molar-refractivity contribution is 5.43. The van der Waals surface area contributed by atoms with Crippen LogP contribution in [0.3, 0.4) is 0 Å². The third-order valence-corrected chi connectivity index (χ3v) is 1.74. The van der Waals surface area contributed by atoms with Crippen LogP contribution in [0.4, 0.5) is 5.82 Å². The van der Waals surface area contributed by atoms with Gasteiger partial charge in [-0.3, -0.25) is 0 Å². The lowest BCUT2D eigenvalue weighted by atomic mass is 10.2. The lowest BCUT2D eigenvalue weighted by molar-refractivity contribution is 0.282. The van der Waals surface area contributed by atoms with Gasteiger partial charge in [-0.25, -0.2) is 4.98 Å². The van der Waals surface area contributed by atoms with Gasteiger partial charge in [0.25, 0.3) is 0 Å². The third kappa shape index (κ3) is 3.03. The molecule has 0 aliphatic rings. The van der Waals surface area contributed by atoms with E-state index in [9.17, 15) is 0 Å². The molecule has 1 aromatic rings. The van der Waals surface area contributed by atoms with Crippen LogP contribution in [0.1, 0.15) is 19.4 Å². The Bertz CT molecular complexity index is 261. The van der Waals surface area contributed by atoms with Gasteiger partial charge in [0.15, 0.2) is 0 Å². The van der Waals surface area contributed by atoms with Crippen LogP contribution in [-0.2, 0) is 6.61 Å². The lowest BCUT2D eigenvalue weighted by Gasteiger charge is -2.10. The molecule has 0 aliphatic heterocycles. The smallest absolute Gasteiger partial charge is 0.131 e. The third-order valence-electron chi connectivity index (χ3n) is 1.74. The van der Waals surface area contributed by atoms with E-state index in [0.717, 1.165) is 17.9 Å². The SMILES string of the molecule is CC(C)CNc1ncccc1CO. The fourth-order valence-corrected chi connectivity index (χ4v) is 1.03. The molecule has 2 N–H and O–H groups in total. The molecule has 0 radical (unpaired) electrons. The molecule has 0 amide bonds. The number of hydrogen-bond acceptors (Lipinski definition) is 3. The van der Waals surface area contributed by atoms with Crippen molar-refractivity contribution < 1.29 is 5.11 Å². The second-order valence-corrected chi connectivity index (χ2v) is 3.44. The molecule has 1 heterocycles. The summed E-state index contributed by atoms with van der Waals surface area (Å²) in [5.41, 5.74) is 0.850. The van der Waals surface area contributed by atoms with E-state index in [1.165, 1.54) is 0 Å². The topological polar surface area (TPSA) is 45.2 Å². The minimum atomic E-state index is 0.0360. The summed E-state index contributed by atoms with van der Waals surface area (Å²) in [5, 5.41) is 12.2. The zero-order valence-electron chi connectivity index (χ0n) is 8.12. The largest absolute Gasteiger partial charge is 0.392 e. The number of aliphatic hydroxyl groups excluding tert-OH is 1. The highest BCUT2D eigenvalue weighted by atomic mass is 16.3. The molecule has 3 heteroatoms. The predicted molar refractivity (Wildman–Crippen MR) is 53.5 cm³/mol. The van der Waals surface area contributed by atoms with Crippen LogP contribution in [0.25, 0.3) is 0 Å². The first-order valence-electron chi connectivity index (χ1n) is 4.52. The second-order valence-electron chi connectivity index (χ2n) is 3.44. The van der Waals surface area contributed by atoms with Crippen molar-refractivity contribution in [3.63, 3.8) is 0 Å². The molecule has 0 spiro atoms. The van der Waals surface area contributed by atoms with E-state index < -0.39 is 0 Å². The molecule has 0 bridgehead atoms. The van der Waals surface area contributed by atoms with E-state index >= 15 is 0 Å². The molecule has 0 fully saturated rings. The van der Waals surface area contributed by atoms with E-state index in [-0.39, 0.29) is 6.61 Å². The Kier molecular flexibility index (Phi) is 3.71. The maximum Gasteiger partial charge on any atom is 0.131 e. The van der Waals surface area contributed by atoms with Gasteiger partial charge in [-0.2, -0.15) is 0 Å². The highest BCUT2D eigenvalue weighted by Crippen LogP contribution is 2.11. The molecule has 0 aliphatic carbocycles. The van der Waals surface area contributed by atoms with Gasteiger partial charge in [-0.05, 0) is 12.0 Å². The Morgan fingerprint density at radius 1 is 1.54 bits per heavy atom. The van der Waals surface area contributed by atoms with Gasteiger partial charge < -0.3 is 10.4 Å². The maximum atomic E-state index is 9.00. The van der Waals surface area contributed by atoms with Gasteiger partial charge >= 0.3 is 0 Å². The summed E-state index contributed by atoms with van der Waals surface area (Å²) in [6.07, 6.45) is 1.72. The van der Waals surface area contributed by atoms with Crippen molar-refractivity contribution in [1.29, 1.82) is 0 Å². The zero-order chi connectivity index (χ0) is 9.68. The van der Waals surface area contributed by atoms with Crippen molar-refractivity contribution in [2.45, 2.75) is 20.5 Å². The molecule has 13 heavy (non-hydrogen) atoms. The van der Waals surface area contributed by atoms with Crippen molar-refractivity contribution in [1.82, 2.24) is 4.98 Å². The van der Waals surface area contributed by atoms with E-state index in [4.69, 9.17) is 5.11 Å². The van der Waals surface area contributed by atoms with E-state index in [0.29, 0.717) is 5.92 Å². The van der Waals surface area contributed by atoms with Crippen LogP contribution >= 0.6 is 0 Å². The summed E-state index contributed by atoms with van der Waals surface area (Å²) < 4.78 is 0. The monoisotopic (exact) mass is 180 g/mol. The number of nitrogens with zero attached hydrogens (tertiary/aromatic N) is 1. The minimum Gasteiger partial charge on any atom is -0.392 e. The number of pyridine rings is 1. The van der Waals surface area contributed by atoms with Gasteiger partial charge in [0.05, 0.1) is 6.61 Å². The van der Waals surface area contributed by atoms with E-state index in [2.05, 4.69) is 24.1 Å². The van der Waals surface area contributed by atoms with Gasteiger partial charge in [-0.1, -0.05) is 19.9 Å². The summed E-state index contributed by atoms with van der Waals surface area (Å²) in [6.45, 7) is 5.18. The average molecular weight is 180 g/mol. The molecule has 0 unspecified atom stereocenters. The summed E-state index contributed by atoms with van der Waals surface area (Å²) >= 11 is 0. The predicted octanol–water partition coefficient (Wildman–Crippen LogP) is 1.64. The summed E-state index contributed by atoms with van der Waals surface area (Å²) in [4.78, 5) is 4.15. The van der Waals surface area contributed by atoms with Crippen molar-refractivity contribution in [3.05, 3.63) is 23.9 Å². The highest BCUT2D eigenvalue weighted by Gasteiger charge is 2.01. The van der Waals surface area contributed by atoms with Crippen molar-refractivity contribution in [2.75, 3.05) is 11.9 Å². The van der Waals surface area contributed by atoms with Crippen LogP contribution < -0.4 is 5.32 Å². The molecular formula is C10H16N2O. The molecule has 0 atom stereocenters. The summed E-state index contributed by atoms with van der Waals surface area (Å²) in [7, 11) is 0. The molecular weight excluding hydrogens is 164 g/mol. The second kappa shape index (κ2) is 4.82. The van der Waals surface area contributed by atoms with Crippen LogP contribution in [0.5, 0.6) is 0 Å². The molecule has 1 rings (SSSR count). The Labute approximate surface area is 78.8 Å². The number of aliphatic hydroxyl groups is 1. The summed E-state index contributed by atoms with van der Waals surface area (Å²) in [5.74, 6) is 1.37. The lowest BCUT2D eigenvalue weighted by Crippen LogP contribution is -2.10. The summed E-state index contributed by atoms with van der Waals surface area (Å²) in [6, 6.07) is 3.70. The minimum absolute atomic E-state index is 0.0360. The van der Waals surface area contributed by atoms with E-state index in [1.54, 1.807) is 6.20 Å². The van der Waals surface area contributed by atoms with Gasteiger partial charge in [0.2, 0.25) is 0 Å². The Balaban J connectivity index is 2.64. The normalized spacial score (nSPS) is 10.5. The Morgan fingerprint density at radius 2 is 2.31 bits per heavy atom. The number of anilines is 1. The molecule has 1 aromatic heterocycles. The van der Waals surface area contributed by atoms with Gasteiger partial charge in [0, 0.05) is 18.3 Å². The molecule has 0 saturated carbocycles. The van der Waals surface area contributed by atoms with Crippen LogP contribution in [-0.4, -0.2) is 16.6 Å². The maximum absolute atomic E-state index is 9.00. The zero-order valence-corrected chi connectivity index (χ0v) is 8.12. The number of rotatable bonds is 4. The first-order valence-corrected chi connectivity index (χ1v) is 4.52. The quantitative estimate of drug-likeness (QED) is 0.740. The first-order chi connectivity index (χ1) is 6.24. The number of nitrogens with one attached hydrogen (secondary N) is 1. The van der Waals surface area contributed by atoms with Crippen molar-refractivity contribution >= 4 is 5.82 Å². The fourth-order valence-electron chi connectivity index (χ4n) is 1.03. The first kappa shape index (κ1) is 9.99. The molecule has 3 nitrogen and oxygen atoms in total. The van der Waals surface area contributed by atoms with Gasteiger partial charge in [0.1, 0.15) is 5.82 Å².